The number of carboxylic acid groups (broad SMARTS) is 1. The molecular formula is C13H17FO2. The van der Waals surface area contributed by atoms with Crippen LogP contribution in [0.2, 0.25) is 0 Å². The van der Waals surface area contributed by atoms with Crippen LogP contribution < -0.4 is 0 Å². The first kappa shape index (κ1) is 12.7. The number of rotatable bonds is 5. The van der Waals surface area contributed by atoms with Crippen LogP contribution in [0.1, 0.15) is 43.2 Å². The molecule has 0 fully saturated rings. The van der Waals surface area contributed by atoms with Crippen LogP contribution in [0.4, 0.5) is 4.39 Å². The summed E-state index contributed by atoms with van der Waals surface area (Å²) in [4.78, 5) is 11.1. The fraction of sp³-hybridized carbons (Fsp3) is 0.462. The molecule has 0 aliphatic rings. The van der Waals surface area contributed by atoms with Crippen molar-refractivity contribution in [2.45, 2.75) is 39.0 Å². The van der Waals surface area contributed by atoms with E-state index in [1.807, 2.05) is 13.8 Å². The highest BCUT2D eigenvalue weighted by atomic mass is 19.1. The van der Waals surface area contributed by atoms with E-state index in [0.29, 0.717) is 12.0 Å². The minimum absolute atomic E-state index is 0.306. The second kappa shape index (κ2) is 5.64. The van der Waals surface area contributed by atoms with Crippen LogP contribution in [0.15, 0.2) is 18.2 Å². The van der Waals surface area contributed by atoms with Crippen LogP contribution in [0.5, 0.6) is 0 Å². The van der Waals surface area contributed by atoms with Gasteiger partial charge in [-0.25, -0.2) is 4.39 Å². The third-order valence-corrected chi connectivity index (χ3v) is 2.67. The summed E-state index contributed by atoms with van der Waals surface area (Å²) < 4.78 is 13.5. The molecule has 1 N–H and O–H groups in total. The average molecular weight is 224 g/mol. The van der Waals surface area contributed by atoms with Crippen molar-refractivity contribution in [2.24, 2.45) is 0 Å². The molecule has 0 aliphatic heterocycles. The van der Waals surface area contributed by atoms with Gasteiger partial charge in [-0.05, 0) is 19.4 Å². The van der Waals surface area contributed by atoms with Crippen molar-refractivity contribution in [3.63, 3.8) is 0 Å². The monoisotopic (exact) mass is 224 g/mol. The Morgan fingerprint density at radius 3 is 2.75 bits per heavy atom. The zero-order valence-corrected chi connectivity index (χ0v) is 9.66. The largest absolute Gasteiger partial charge is 0.481 e. The average Bonchev–Trinajstić information content (AvgIpc) is 2.23. The van der Waals surface area contributed by atoms with Crippen molar-refractivity contribution >= 4 is 5.97 Å². The molecule has 0 radical (unpaired) electrons. The first-order valence-electron chi connectivity index (χ1n) is 5.55. The number of benzene rings is 1. The van der Waals surface area contributed by atoms with E-state index < -0.39 is 17.7 Å². The first-order chi connectivity index (χ1) is 7.56. The van der Waals surface area contributed by atoms with Gasteiger partial charge < -0.3 is 5.11 Å². The molecule has 0 saturated carbocycles. The fourth-order valence-electron chi connectivity index (χ4n) is 1.75. The molecule has 0 aromatic heterocycles. The van der Waals surface area contributed by atoms with E-state index in [2.05, 4.69) is 0 Å². The Bertz CT molecular complexity index is 374. The number of aliphatic carboxylic acids is 1. The molecule has 88 valence electrons. The Balaban J connectivity index is 3.00. The lowest BCUT2D eigenvalue weighted by atomic mass is 9.92. The van der Waals surface area contributed by atoms with Gasteiger partial charge in [-0.3, -0.25) is 4.79 Å². The van der Waals surface area contributed by atoms with Crippen LogP contribution in [0.3, 0.4) is 0 Å². The van der Waals surface area contributed by atoms with Gasteiger partial charge in [-0.15, -0.1) is 0 Å². The summed E-state index contributed by atoms with van der Waals surface area (Å²) in [7, 11) is 0. The molecule has 1 aromatic carbocycles. The second-order valence-electron chi connectivity index (χ2n) is 4.06. The van der Waals surface area contributed by atoms with E-state index in [4.69, 9.17) is 5.11 Å². The predicted octanol–water partition coefficient (Wildman–Crippen LogP) is 3.49. The minimum Gasteiger partial charge on any atom is -0.481 e. The van der Waals surface area contributed by atoms with Gasteiger partial charge in [-0.2, -0.15) is 0 Å². The van der Waals surface area contributed by atoms with Gasteiger partial charge in [0.2, 0.25) is 0 Å². The van der Waals surface area contributed by atoms with Crippen molar-refractivity contribution in [2.75, 3.05) is 0 Å². The molecule has 1 rings (SSSR count). The van der Waals surface area contributed by atoms with E-state index in [0.717, 1.165) is 18.4 Å². The Morgan fingerprint density at radius 2 is 2.19 bits per heavy atom. The lowest BCUT2D eigenvalue weighted by molar-refractivity contribution is -0.139. The number of carbonyl (C=O) groups is 1. The molecule has 0 aliphatic carbocycles. The summed E-state index contributed by atoms with van der Waals surface area (Å²) in [6, 6.07) is 4.62. The van der Waals surface area contributed by atoms with E-state index in [-0.39, 0.29) is 0 Å². The van der Waals surface area contributed by atoms with Gasteiger partial charge >= 0.3 is 5.97 Å². The molecule has 0 heterocycles. The number of unbranched alkanes of at least 4 members (excludes halogenated alkanes) is 1. The van der Waals surface area contributed by atoms with Crippen molar-refractivity contribution < 1.29 is 14.3 Å². The Kier molecular flexibility index (Phi) is 4.47. The van der Waals surface area contributed by atoms with E-state index in [1.54, 1.807) is 12.1 Å². The topological polar surface area (TPSA) is 37.3 Å². The molecule has 0 saturated heterocycles. The quantitative estimate of drug-likeness (QED) is 0.831. The molecule has 1 aromatic rings. The smallest absolute Gasteiger partial charge is 0.311 e. The third kappa shape index (κ3) is 3.05. The lowest BCUT2D eigenvalue weighted by Gasteiger charge is -2.13. The highest BCUT2D eigenvalue weighted by Crippen LogP contribution is 2.25. The van der Waals surface area contributed by atoms with Gasteiger partial charge in [0.05, 0.1) is 5.92 Å². The molecule has 1 atom stereocenters. The number of carboxylic acids is 1. The van der Waals surface area contributed by atoms with Crippen LogP contribution in [-0.4, -0.2) is 11.1 Å². The lowest BCUT2D eigenvalue weighted by Crippen LogP contribution is -2.13. The van der Waals surface area contributed by atoms with Crippen LogP contribution in [0, 0.1) is 12.7 Å². The summed E-state index contributed by atoms with van der Waals surface area (Å²) >= 11 is 0. The second-order valence-corrected chi connectivity index (χ2v) is 4.06. The van der Waals surface area contributed by atoms with Crippen molar-refractivity contribution in [3.8, 4) is 0 Å². The van der Waals surface area contributed by atoms with Crippen LogP contribution in [-0.2, 0) is 4.79 Å². The summed E-state index contributed by atoms with van der Waals surface area (Å²) in [5.41, 5.74) is 1.19. The summed E-state index contributed by atoms with van der Waals surface area (Å²) in [5, 5.41) is 9.10. The summed E-state index contributed by atoms with van der Waals surface area (Å²) in [6.45, 7) is 3.83. The van der Waals surface area contributed by atoms with Gasteiger partial charge in [0.15, 0.2) is 0 Å². The maximum Gasteiger partial charge on any atom is 0.311 e. The zero-order chi connectivity index (χ0) is 12.1. The SMILES string of the molecule is CCCCC(C(=O)O)c1cc(C)ccc1F. The highest BCUT2D eigenvalue weighted by Gasteiger charge is 2.22. The molecule has 16 heavy (non-hydrogen) atoms. The number of aryl methyl sites for hydroxylation is 1. The summed E-state index contributed by atoms with van der Waals surface area (Å²) in [5.74, 6) is -2.09. The standard InChI is InChI=1S/C13H17FO2/c1-3-4-5-10(13(15)16)11-8-9(2)6-7-12(11)14/h6-8,10H,3-5H2,1-2H3,(H,15,16). The van der Waals surface area contributed by atoms with Gasteiger partial charge in [-0.1, -0.05) is 37.5 Å². The van der Waals surface area contributed by atoms with Crippen molar-refractivity contribution in [3.05, 3.63) is 35.1 Å². The predicted molar refractivity (Wildman–Crippen MR) is 61.0 cm³/mol. The Hall–Kier alpha value is -1.38. The zero-order valence-electron chi connectivity index (χ0n) is 9.66. The van der Waals surface area contributed by atoms with E-state index in [1.165, 1.54) is 6.07 Å². The molecule has 0 amide bonds. The maximum atomic E-state index is 13.5. The molecule has 2 nitrogen and oxygen atoms in total. The highest BCUT2D eigenvalue weighted by molar-refractivity contribution is 5.76. The van der Waals surface area contributed by atoms with E-state index in [9.17, 15) is 9.18 Å². The van der Waals surface area contributed by atoms with Crippen LogP contribution in [0.25, 0.3) is 0 Å². The van der Waals surface area contributed by atoms with Gasteiger partial charge in [0, 0.05) is 5.56 Å². The Morgan fingerprint density at radius 1 is 1.50 bits per heavy atom. The molecule has 3 heteroatoms. The molecule has 0 bridgehead atoms. The normalized spacial score (nSPS) is 12.4. The van der Waals surface area contributed by atoms with Crippen molar-refractivity contribution in [1.82, 2.24) is 0 Å². The van der Waals surface area contributed by atoms with Gasteiger partial charge in [0.1, 0.15) is 5.82 Å². The summed E-state index contributed by atoms with van der Waals surface area (Å²) in [6.07, 6.45) is 2.20. The Labute approximate surface area is 95.1 Å². The third-order valence-electron chi connectivity index (χ3n) is 2.67. The fourth-order valence-corrected chi connectivity index (χ4v) is 1.75. The van der Waals surface area contributed by atoms with Gasteiger partial charge in [0.25, 0.3) is 0 Å². The van der Waals surface area contributed by atoms with Crippen molar-refractivity contribution in [1.29, 1.82) is 0 Å². The number of halogens is 1. The first-order valence-corrected chi connectivity index (χ1v) is 5.55. The minimum atomic E-state index is -0.946. The molecular weight excluding hydrogens is 207 g/mol. The van der Waals surface area contributed by atoms with Crippen LogP contribution >= 0.6 is 0 Å². The molecule has 1 unspecified atom stereocenters. The van der Waals surface area contributed by atoms with E-state index >= 15 is 0 Å². The number of hydrogen-bond donors (Lipinski definition) is 1. The maximum absolute atomic E-state index is 13.5. The number of hydrogen-bond acceptors (Lipinski definition) is 1. The molecule has 0 spiro atoms.